The minimum absolute atomic E-state index is 0.191. The SMILES string of the molecule is COC(=O)NS(=O)(=O)NCc1cn(CC(=O)O)nn1. The summed E-state index contributed by atoms with van der Waals surface area (Å²) in [6.45, 7) is -0.647. The molecule has 0 unspecified atom stereocenters. The number of rotatable bonds is 6. The Bertz CT molecular complexity index is 566. The second kappa shape index (κ2) is 6.10. The van der Waals surface area contributed by atoms with Gasteiger partial charge in [-0.05, 0) is 0 Å². The number of hydrogen-bond donors (Lipinski definition) is 3. The second-order valence-electron chi connectivity index (χ2n) is 3.22. The summed E-state index contributed by atoms with van der Waals surface area (Å²) < 4.78 is 31.3. The van der Waals surface area contributed by atoms with Crippen LogP contribution in [-0.4, -0.2) is 47.7 Å². The molecule has 1 aromatic rings. The molecule has 1 heterocycles. The van der Waals surface area contributed by atoms with Gasteiger partial charge in [-0.15, -0.1) is 5.10 Å². The number of ether oxygens (including phenoxy) is 1. The summed E-state index contributed by atoms with van der Waals surface area (Å²) in [7, 11) is -3.06. The molecule has 1 amide bonds. The number of nitrogens with zero attached hydrogens (tertiary/aromatic N) is 3. The number of carbonyl (C=O) groups is 2. The van der Waals surface area contributed by atoms with Crippen LogP contribution in [0.2, 0.25) is 0 Å². The van der Waals surface area contributed by atoms with E-state index in [0.29, 0.717) is 0 Å². The fourth-order valence-corrected chi connectivity index (χ4v) is 1.70. The number of nitrogens with one attached hydrogen (secondary N) is 2. The van der Waals surface area contributed by atoms with Gasteiger partial charge in [0.2, 0.25) is 0 Å². The lowest BCUT2D eigenvalue weighted by atomic mass is 10.5. The Morgan fingerprint density at radius 1 is 1.53 bits per heavy atom. The number of carboxylic acids is 1. The molecular formula is C7H11N5O6S. The van der Waals surface area contributed by atoms with Gasteiger partial charge in [-0.2, -0.15) is 13.1 Å². The van der Waals surface area contributed by atoms with E-state index in [1.165, 1.54) is 6.20 Å². The molecule has 0 saturated carbocycles. The van der Waals surface area contributed by atoms with Crippen molar-refractivity contribution in [1.29, 1.82) is 0 Å². The number of hydrogen-bond acceptors (Lipinski definition) is 7. The predicted molar refractivity (Wildman–Crippen MR) is 59.0 cm³/mol. The smallest absolute Gasteiger partial charge is 0.421 e. The maximum absolute atomic E-state index is 11.3. The van der Waals surface area contributed by atoms with Gasteiger partial charge < -0.3 is 9.84 Å². The van der Waals surface area contributed by atoms with Crippen molar-refractivity contribution in [3.8, 4) is 0 Å². The summed E-state index contributed by atoms with van der Waals surface area (Å²) in [6.07, 6.45) is 0.122. The van der Waals surface area contributed by atoms with Crippen LogP contribution in [0.5, 0.6) is 0 Å². The zero-order valence-electron chi connectivity index (χ0n) is 9.73. The van der Waals surface area contributed by atoms with Crippen LogP contribution < -0.4 is 9.44 Å². The van der Waals surface area contributed by atoms with Crippen LogP contribution in [0.4, 0.5) is 4.79 Å². The van der Waals surface area contributed by atoms with Crippen LogP contribution in [0.1, 0.15) is 5.69 Å². The predicted octanol–water partition coefficient (Wildman–Crippen LogP) is -1.95. The van der Waals surface area contributed by atoms with Crippen LogP contribution in [0, 0.1) is 0 Å². The van der Waals surface area contributed by atoms with Crippen LogP contribution in [-0.2, 0) is 32.8 Å². The maximum atomic E-state index is 11.3. The van der Waals surface area contributed by atoms with Crippen molar-refractivity contribution in [2.75, 3.05) is 7.11 Å². The molecule has 0 bridgehead atoms. The standard InChI is InChI=1S/C7H11N5O6S/c1-18-7(15)10-19(16,17)8-2-5-3-12(11-9-5)4-6(13)14/h3,8H,2,4H2,1H3,(H,10,15)(H,13,14). The maximum Gasteiger partial charge on any atom is 0.421 e. The summed E-state index contributed by atoms with van der Waals surface area (Å²) in [5, 5.41) is 15.5. The minimum atomic E-state index is -4.07. The number of aromatic nitrogens is 3. The molecule has 0 saturated heterocycles. The van der Waals surface area contributed by atoms with Gasteiger partial charge >= 0.3 is 22.3 Å². The number of carbonyl (C=O) groups excluding carboxylic acids is 1. The van der Waals surface area contributed by atoms with Crippen molar-refractivity contribution in [3.63, 3.8) is 0 Å². The van der Waals surface area contributed by atoms with Crippen molar-refractivity contribution in [3.05, 3.63) is 11.9 Å². The lowest BCUT2D eigenvalue weighted by molar-refractivity contribution is -0.137. The van der Waals surface area contributed by atoms with E-state index in [4.69, 9.17) is 5.11 Å². The van der Waals surface area contributed by atoms with E-state index < -0.39 is 22.3 Å². The fraction of sp³-hybridized carbons (Fsp3) is 0.429. The lowest BCUT2D eigenvalue weighted by Crippen LogP contribution is -2.39. The second-order valence-corrected chi connectivity index (χ2v) is 4.72. The van der Waals surface area contributed by atoms with Crippen molar-refractivity contribution >= 4 is 22.3 Å². The van der Waals surface area contributed by atoms with Crippen molar-refractivity contribution in [2.45, 2.75) is 13.1 Å². The molecule has 0 aliphatic heterocycles. The molecule has 0 fully saturated rings. The Balaban J connectivity index is 2.54. The van der Waals surface area contributed by atoms with Gasteiger partial charge in [0.15, 0.2) is 0 Å². The molecule has 1 rings (SSSR count). The molecule has 0 atom stereocenters. The largest absolute Gasteiger partial charge is 0.480 e. The highest BCUT2D eigenvalue weighted by molar-refractivity contribution is 7.88. The fourth-order valence-electron chi connectivity index (χ4n) is 0.992. The van der Waals surface area contributed by atoms with E-state index in [1.54, 1.807) is 4.72 Å². The van der Waals surface area contributed by atoms with Gasteiger partial charge in [-0.25, -0.2) is 14.2 Å². The molecule has 0 aliphatic carbocycles. The average molecular weight is 293 g/mol. The lowest BCUT2D eigenvalue weighted by Gasteiger charge is -2.05. The number of methoxy groups -OCH3 is 1. The highest BCUT2D eigenvalue weighted by Gasteiger charge is 2.14. The van der Waals surface area contributed by atoms with E-state index in [9.17, 15) is 18.0 Å². The Morgan fingerprint density at radius 3 is 2.79 bits per heavy atom. The van der Waals surface area contributed by atoms with Crippen LogP contribution in [0.15, 0.2) is 6.20 Å². The van der Waals surface area contributed by atoms with Gasteiger partial charge in [0.05, 0.1) is 25.5 Å². The van der Waals surface area contributed by atoms with Crippen molar-refractivity contribution in [2.24, 2.45) is 0 Å². The first-order chi connectivity index (χ1) is 8.82. The average Bonchev–Trinajstić information content (AvgIpc) is 2.73. The first-order valence-corrected chi connectivity index (χ1v) is 6.27. The van der Waals surface area contributed by atoms with E-state index in [1.807, 2.05) is 4.72 Å². The molecular weight excluding hydrogens is 282 g/mol. The number of amides is 1. The molecule has 19 heavy (non-hydrogen) atoms. The van der Waals surface area contributed by atoms with Crippen molar-refractivity contribution in [1.82, 2.24) is 24.4 Å². The van der Waals surface area contributed by atoms with E-state index >= 15 is 0 Å². The quantitative estimate of drug-likeness (QED) is 0.547. The Morgan fingerprint density at radius 2 is 2.21 bits per heavy atom. The first kappa shape index (κ1) is 14.8. The summed E-state index contributed by atoms with van der Waals surface area (Å²) >= 11 is 0. The zero-order chi connectivity index (χ0) is 14.5. The molecule has 1 aromatic heterocycles. The van der Waals surface area contributed by atoms with Crippen LogP contribution in [0.3, 0.4) is 0 Å². The molecule has 106 valence electrons. The van der Waals surface area contributed by atoms with Crippen molar-refractivity contribution < 1.29 is 27.9 Å². The Hall–Kier alpha value is -2.21. The third-order valence-electron chi connectivity index (χ3n) is 1.73. The molecule has 12 heteroatoms. The van der Waals surface area contributed by atoms with E-state index in [0.717, 1.165) is 11.8 Å². The van der Waals surface area contributed by atoms with E-state index in [2.05, 4.69) is 15.0 Å². The van der Waals surface area contributed by atoms with Gasteiger partial charge in [0.25, 0.3) is 0 Å². The number of carboxylic acid groups (broad SMARTS) is 1. The van der Waals surface area contributed by atoms with E-state index in [-0.39, 0.29) is 18.8 Å². The molecule has 0 spiro atoms. The third kappa shape index (κ3) is 5.31. The highest BCUT2D eigenvalue weighted by atomic mass is 32.2. The number of aliphatic carboxylic acids is 1. The molecule has 0 aromatic carbocycles. The normalized spacial score (nSPS) is 11.0. The van der Waals surface area contributed by atoms with Gasteiger partial charge in [-0.1, -0.05) is 5.21 Å². The topological polar surface area (TPSA) is 153 Å². The molecule has 3 N–H and O–H groups in total. The molecule has 0 radical (unpaired) electrons. The Labute approximate surface area is 107 Å². The summed E-state index contributed by atoms with van der Waals surface area (Å²) in [5.74, 6) is -1.11. The Kier molecular flexibility index (Phi) is 4.77. The first-order valence-electron chi connectivity index (χ1n) is 4.78. The minimum Gasteiger partial charge on any atom is -0.480 e. The summed E-state index contributed by atoms with van der Waals surface area (Å²) in [5.41, 5.74) is 0.191. The molecule has 0 aliphatic rings. The summed E-state index contributed by atoms with van der Waals surface area (Å²) in [4.78, 5) is 21.1. The van der Waals surface area contributed by atoms with Gasteiger partial charge in [0.1, 0.15) is 6.54 Å². The zero-order valence-corrected chi connectivity index (χ0v) is 10.5. The van der Waals surface area contributed by atoms with Gasteiger partial charge in [0, 0.05) is 0 Å². The monoisotopic (exact) mass is 293 g/mol. The third-order valence-corrected chi connectivity index (χ3v) is 2.69. The van der Waals surface area contributed by atoms with Crippen LogP contribution in [0.25, 0.3) is 0 Å². The summed E-state index contributed by atoms with van der Waals surface area (Å²) in [6, 6.07) is 0. The molecule has 11 nitrogen and oxygen atoms in total. The highest BCUT2D eigenvalue weighted by Crippen LogP contribution is 1.94. The van der Waals surface area contributed by atoms with Gasteiger partial charge in [-0.3, -0.25) is 4.79 Å². The van der Waals surface area contributed by atoms with Crippen LogP contribution >= 0.6 is 0 Å².